The van der Waals surface area contributed by atoms with E-state index in [9.17, 15) is 9.59 Å². The number of rotatable bonds is 4. The van der Waals surface area contributed by atoms with E-state index >= 15 is 0 Å². The number of ether oxygens (including phenoxy) is 1. The molecule has 0 atom stereocenters. The molecule has 1 heterocycles. The molecule has 0 bridgehead atoms. The van der Waals surface area contributed by atoms with E-state index in [4.69, 9.17) is 27.9 Å². The fourth-order valence-electron chi connectivity index (χ4n) is 2.52. The molecular formula is C18H17Cl2NO3. The molecule has 0 saturated carbocycles. The van der Waals surface area contributed by atoms with Gasteiger partial charge in [0, 0.05) is 23.9 Å². The molecule has 0 aliphatic rings. The van der Waals surface area contributed by atoms with Crippen LogP contribution in [0.5, 0.6) is 0 Å². The molecule has 0 amide bonds. The van der Waals surface area contributed by atoms with E-state index in [0.29, 0.717) is 32.4 Å². The van der Waals surface area contributed by atoms with E-state index in [-0.39, 0.29) is 12.2 Å². The van der Waals surface area contributed by atoms with Crippen LogP contribution in [0.1, 0.15) is 28.5 Å². The zero-order valence-electron chi connectivity index (χ0n) is 13.7. The summed E-state index contributed by atoms with van der Waals surface area (Å²) in [6, 6.07) is 4.94. The predicted octanol–water partition coefficient (Wildman–Crippen LogP) is 4.49. The van der Waals surface area contributed by atoms with Gasteiger partial charge >= 0.3 is 5.97 Å². The number of pyridine rings is 1. The Balaban J connectivity index is 2.94. The Morgan fingerprint density at radius 3 is 2.54 bits per heavy atom. The average molecular weight is 366 g/mol. The topological polar surface area (TPSA) is 48.3 Å². The lowest BCUT2D eigenvalue weighted by molar-refractivity contribution is 0.0524. The summed E-state index contributed by atoms with van der Waals surface area (Å²) in [4.78, 5) is 25.1. The molecule has 0 fully saturated rings. The van der Waals surface area contributed by atoms with Crippen LogP contribution in [-0.4, -0.2) is 17.1 Å². The summed E-state index contributed by atoms with van der Waals surface area (Å²) in [5.74, 6) is -0.678. The zero-order chi connectivity index (χ0) is 18.0. The third-order valence-electron chi connectivity index (χ3n) is 3.82. The van der Waals surface area contributed by atoms with Crippen molar-refractivity contribution in [3.8, 4) is 11.1 Å². The standard InChI is InChI=1S/C18H17Cl2NO3/c1-5-12-10(3)21(4)17(22)16(18(23)24-6-2)15(12)11-7-8-13(19)14(20)9-11/h5,7-9H,1,6H2,2-4H3. The summed E-state index contributed by atoms with van der Waals surface area (Å²) in [6.45, 7) is 7.45. The molecule has 0 aliphatic carbocycles. The Labute approximate surface area is 150 Å². The zero-order valence-corrected chi connectivity index (χ0v) is 15.2. The van der Waals surface area contributed by atoms with Crippen molar-refractivity contribution in [3.05, 3.63) is 62.0 Å². The van der Waals surface area contributed by atoms with Gasteiger partial charge in [0.1, 0.15) is 5.56 Å². The number of hydrogen-bond donors (Lipinski definition) is 0. The number of benzene rings is 1. The third-order valence-corrected chi connectivity index (χ3v) is 4.56. The molecule has 1 aromatic heterocycles. The maximum atomic E-state index is 12.7. The highest BCUT2D eigenvalue weighted by Gasteiger charge is 2.24. The lowest BCUT2D eigenvalue weighted by Crippen LogP contribution is -2.29. The summed E-state index contributed by atoms with van der Waals surface area (Å²) in [5.41, 5.74) is 1.92. The first-order chi connectivity index (χ1) is 11.3. The van der Waals surface area contributed by atoms with Crippen molar-refractivity contribution in [2.45, 2.75) is 13.8 Å². The second-order valence-electron chi connectivity index (χ2n) is 5.17. The molecular weight excluding hydrogens is 349 g/mol. The van der Waals surface area contributed by atoms with Crippen LogP contribution >= 0.6 is 23.2 Å². The monoisotopic (exact) mass is 365 g/mol. The number of carbonyl (C=O) groups is 1. The van der Waals surface area contributed by atoms with Gasteiger partial charge in [-0.05, 0) is 31.5 Å². The highest BCUT2D eigenvalue weighted by Crippen LogP contribution is 2.33. The largest absolute Gasteiger partial charge is 0.462 e. The Morgan fingerprint density at radius 1 is 1.33 bits per heavy atom. The molecule has 6 heteroatoms. The summed E-state index contributed by atoms with van der Waals surface area (Å²) < 4.78 is 6.48. The van der Waals surface area contributed by atoms with Crippen LogP contribution in [0.15, 0.2) is 29.6 Å². The maximum Gasteiger partial charge on any atom is 0.344 e. The molecule has 0 N–H and O–H groups in total. The van der Waals surface area contributed by atoms with Gasteiger partial charge in [0.25, 0.3) is 5.56 Å². The highest BCUT2D eigenvalue weighted by molar-refractivity contribution is 6.42. The molecule has 2 aromatic rings. The first-order valence-electron chi connectivity index (χ1n) is 7.32. The van der Waals surface area contributed by atoms with Crippen molar-refractivity contribution in [2.75, 3.05) is 6.61 Å². The lowest BCUT2D eigenvalue weighted by Gasteiger charge is -2.17. The van der Waals surface area contributed by atoms with Gasteiger partial charge < -0.3 is 9.30 Å². The predicted molar refractivity (Wildman–Crippen MR) is 97.9 cm³/mol. The molecule has 0 saturated heterocycles. The summed E-state index contributed by atoms with van der Waals surface area (Å²) in [6.07, 6.45) is 1.61. The quantitative estimate of drug-likeness (QED) is 0.750. The van der Waals surface area contributed by atoms with Crippen LogP contribution in [0.3, 0.4) is 0 Å². The van der Waals surface area contributed by atoms with Gasteiger partial charge in [-0.3, -0.25) is 4.79 Å². The molecule has 24 heavy (non-hydrogen) atoms. The number of carbonyl (C=O) groups excluding carboxylic acids is 1. The summed E-state index contributed by atoms with van der Waals surface area (Å²) in [5, 5.41) is 0.719. The van der Waals surface area contributed by atoms with Crippen molar-refractivity contribution in [1.82, 2.24) is 4.57 Å². The molecule has 0 aliphatic heterocycles. The molecule has 126 valence electrons. The van der Waals surface area contributed by atoms with Gasteiger partial charge in [-0.25, -0.2) is 4.79 Å². The summed E-state index contributed by atoms with van der Waals surface area (Å²) >= 11 is 12.1. The van der Waals surface area contributed by atoms with Gasteiger partial charge in [0.2, 0.25) is 0 Å². The van der Waals surface area contributed by atoms with Gasteiger partial charge in [0.15, 0.2) is 0 Å². The van der Waals surface area contributed by atoms with Gasteiger partial charge in [0.05, 0.1) is 16.7 Å². The first-order valence-corrected chi connectivity index (χ1v) is 8.07. The van der Waals surface area contributed by atoms with Crippen LogP contribution in [0.4, 0.5) is 0 Å². The average Bonchev–Trinajstić information content (AvgIpc) is 2.55. The van der Waals surface area contributed by atoms with Crippen LogP contribution < -0.4 is 5.56 Å². The van der Waals surface area contributed by atoms with Crippen molar-refractivity contribution >= 4 is 35.2 Å². The number of aromatic nitrogens is 1. The van der Waals surface area contributed by atoms with Crippen LogP contribution in [0.25, 0.3) is 17.2 Å². The maximum absolute atomic E-state index is 12.7. The normalized spacial score (nSPS) is 10.5. The SMILES string of the molecule is C=Cc1c(-c2ccc(Cl)c(Cl)c2)c(C(=O)OCC)c(=O)n(C)c1C. The van der Waals surface area contributed by atoms with E-state index in [2.05, 4.69) is 6.58 Å². The minimum atomic E-state index is -0.678. The van der Waals surface area contributed by atoms with E-state index in [1.807, 2.05) is 0 Å². The fraction of sp³-hybridized carbons (Fsp3) is 0.222. The van der Waals surface area contributed by atoms with Gasteiger partial charge in [-0.15, -0.1) is 0 Å². The number of esters is 1. The molecule has 2 rings (SSSR count). The van der Waals surface area contributed by atoms with Gasteiger partial charge in [-0.1, -0.05) is 41.9 Å². The van der Waals surface area contributed by atoms with Crippen molar-refractivity contribution in [3.63, 3.8) is 0 Å². The minimum absolute atomic E-state index is 0.0433. The minimum Gasteiger partial charge on any atom is -0.462 e. The van der Waals surface area contributed by atoms with Crippen molar-refractivity contribution in [2.24, 2.45) is 7.05 Å². The number of halogens is 2. The number of nitrogens with zero attached hydrogens (tertiary/aromatic N) is 1. The van der Waals surface area contributed by atoms with Crippen molar-refractivity contribution < 1.29 is 9.53 Å². The van der Waals surface area contributed by atoms with E-state index in [1.165, 1.54) is 4.57 Å². The second-order valence-corrected chi connectivity index (χ2v) is 5.98. The third kappa shape index (κ3) is 3.12. The Kier molecular flexibility index (Phi) is 5.52. The Morgan fingerprint density at radius 2 is 2.00 bits per heavy atom. The Hall–Kier alpha value is -2.04. The van der Waals surface area contributed by atoms with Crippen LogP contribution in [0.2, 0.25) is 10.0 Å². The fourth-order valence-corrected chi connectivity index (χ4v) is 2.82. The van der Waals surface area contributed by atoms with Crippen LogP contribution in [-0.2, 0) is 11.8 Å². The molecule has 0 unspecified atom stereocenters. The van der Waals surface area contributed by atoms with Crippen LogP contribution in [0, 0.1) is 6.92 Å². The lowest BCUT2D eigenvalue weighted by atomic mass is 9.94. The molecule has 0 radical (unpaired) electrons. The summed E-state index contributed by atoms with van der Waals surface area (Å²) in [7, 11) is 1.60. The van der Waals surface area contributed by atoms with Gasteiger partial charge in [-0.2, -0.15) is 0 Å². The molecule has 4 nitrogen and oxygen atoms in total. The van der Waals surface area contributed by atoms with Crippen molar-refractivity contribution in [1.29, 1.82) is 0 Å². The molecule has 0 spiro atoms. The highest BCUT2D eigenvalue weighted by atomic mass is 35.5. The van der Waals surface area contributed by atoms with E-state index in [0.717, 1.165) is 0 Å². The number of hydrogen-bond acceptors (Lipinski definition) is 3. The Bertz CT molecular complexity index is 885. The van der Waals surface area contributed by atoms with E-state index < -0.39 is 11.5 Å². The first kappa shape index (κ1) is 18.3. The van der Waals surface area contributed by atoms with E-state index in [1.54, 1.807) is 45.2 Å². The molecule has 1 aromatic carbocycles. The second kappa shape index (κ2) is 7.24. The smallest absolute Gasteiger partial charge is 0.344 e.